The number of benzene rings is 1. The predicted molar refractivity (Wildman–Crippen MR) is 84.9 cm³/mol. The molecule has 1 aliphatic rings. The molecule has 1 aromatic carbocycles. The minimum Gasteiger partial charge on any atom is -0.300 e. The van der Waals surface area contributed by atoms with E-state index in [4.69, 9.17) is 0 Å². The highest BCUT2D eigenvalue weighted by atomic mass is 16.1. The van der Waals surface area contributed by atoms with E-state index in [0.717, 1.165) is 19.3 Å². The van der Waals surface area contributed by atoms with E-state index in [0.29, 0.717) is 5.78 Å². The first kappa shape index (κ1) is 15.0. The number of hydrogen-bond donors (Lipinski definition) is 0. The third kappa shape index (κ3) is 3.82. The molecule has 0 saturated heterocycles. The van der Waals surface area contributed by atoms with Crippen LogP contribution in [0.5, 0.6) is 0 Å². The Kier molecular flexibility index (Phi) is 5.17. The van der Waals surface area contributed by atoms with Gasteiger partial charge in [-0.25, -0.2) is 0 Å². The molecular weight excluding hydrogens is 244 g/mol. The van der Waals surface area contributed by atoms with E-state index in [1.54, 1.807) is 12.5 Å². The van der Waals surface area contributed by atoms with E-state index in [1.165, 1.54) is 36.0 Å². The Morgan fingerprint density at radius 1 is 1.20 bits per heavy atom. The summed E-state index contributed by atoms with van der Waals surface area (Å²) in [6.07, 6.45) is 6.80. The van der Waals surface area contributed by atoms with Crippen molar-refractivity contribution in [3.63, 3.8) is 0 Å². The standard InChI is InChI=1S/C19H26O/c1-14(16(3)20)11-12-17-9-6-10-18-7-4-5-8-19(18)13-15(17)2/h4-5,7-8,14H,6,9-13H2,1-3H3. The van der Waals surface area contributed by atoms with Crippen LogP contribution in [0.25, 0.3) is 0 Å². The number of allylic oxidation sites excluding steroid dienone is 2. The molecule has 0 aromatic heterocycles. The summed E-state index contributed by atoms with van der Waals surface area (Å²) >= 11 is 0. The molecule has 0 aliphatic heterocycles. The molecule has 0 fully saturated rings. The SMILES string of the molecule is CC(=O)C(C)CCC1=C(C)Cc2ccccc2CCC1. The first-order chi connectivity index (χ1) is 9.58. The fraction of sp³-hybridized carbons (Fsp3) is 0.526. The van der Waals surface area contributed by atoms with E-state index in [2.05, 4.69) is 38.1 Å². The minimum atomic E-state index is 0.202. The summed E-state index contributed by atoms with van der Waals surface area (Å²) in [7, 11) is 0. The monoisotopic (exact) mass is 270 g/mol. The van der Waals surface area contributed by atoms with Crippen molar-refractivity contribution in [1.82, 2.24) is 0 Å². The van der Waals surface area contributed by atoms with E-state index in [1.807, 2.05) is 0 Å². The molecule has 1 atom stereocenters. The molecule has 1 heteroatoms. The van der Waals surface area contributed by atoms with Crippen molar-refractivity contribution in [2.24, 2.45) is 5.92 Å². The molecule has 0 radical (unpaired) electrons. The number of Topliss-reactive ketones (excluding diaryl/α,β-unsaturated/α-hetero) is 1. The summed E-state index contributed by atoms with van der Waals surface area (Å²) in [5.41, 5.74) is 6.12. The molecule has 0 heterocycles. The van der Waals surface area contributed by atoms with Crippen LogP contribution >= 0.6 is 0 Å². The van der Waals surface area contributed by atoms with Gasteiger partial charge in [-0.3, -0.25) is 4.79 Å². The maximum absolute atomic E-state index is 11.4. The zero-order valence-corrected chi connectivity index (χ0v) is 13.0. The molecule has 1 aromatic rings. The number of carbonyl (C=O) groups is 1. The Labute approximate surface area is 123 Å². The van der Waals surface area contributed by atoms with Crippen LogP contribution in [0.15, 0.2) is 35.4 Å². The molecule has 0 amide bonds. The Hall–Kier alpha value is -1.37. The lowest BCUT2D eigenvalue weighted by Crippen LogP contribution is -2.08. The highest BCUT2D eigenvalue weighted by Gasteiger charge is 2.14. The second-order valence-electron chi connectivity index (χ2n) is 6.23. The van der Waals surface area contributed by atoms with E-state index in [-0.39, 0.29) is 5.92 Å². The molecule has 0 bridgehead atoms. The van der Waals surface area contributed by atoms with Gasteiger partial charge in [0, 0.05) is 5.92 Å². The third-order valence-electron chi connectivity index (χ3n) is 4.68. The highest BCUT2D eigenvalue weighted by Crippen LogP contribution is 2.27. The van der Waals surface area contributed by atoms with Gasteiger partial charge < -0.3 is 0 Å². The fourth-order valence-corrected chi connectivity index (χ4v) is 3.02. The normalized spacial score (nSPS) is 17.1. The van der Waals surface area contributed by atoms with Crippen LogP contribution in [0.4, 0.5) is 0 Å². The van der Waals surface area contributed by atoms with Crippen molar-refractivity contribution >= 4 is 5.78 Å². The third-order valence-corrected chi connectivity index (χ3v) is 4.68. The van der Waals surface area contributed by atoms with Gasteiger partial charge in [0.15, 0.2) is 0 Å². The van der Waals surface area contributed by atoms with E-state index >= 15 is 0 Å². The molecule has 1 unspecified atom stereocenters. The van der Waals surface area contributed by atoms with Crippen molar-refractivity contribution in [2.45, 2.75) is 59.3 Å². The zero-order valence-electron chi connectivity index (χ0n) is 13.0. The van der Waals surface area contributed by atoms with Crippen molar-refractivity contribution in [1.29, 1.82) is 0 Å². The van der Waals surface area contributed by atoms with Crippen LogP contribution in [-0.4, -0.2) is 5.78 Å². The molecule has 1 nitrogen and oxygen atoms in total. The van der Waals surface area contributed by atoms with Gasteiger partial charge in [0.1, 0.15) is 5.78 Å². The molecule has 1 aliphatic carbocycles. The molecule has 0 saturated carbocycles. The molecule has 0 spiro atoms. The minimum absolute atomic E-state index is 0.202. The second-order valence-corrected chi connectivity index (χ2v) is 6.23. The molecule has 2 rings (SSSR count). The Morgan fingerprint density at radius 3 is 2.60 bits per heavy atom. The molecular formula is C19H26O. The number of hydrogen-bond acceptors (Lipinski definition) is 1. The summed E-state index contributed by atoms with van der Waals surface area (Å²) in [5.74, 6) is 0.521. The van der Waals surface area contributed by atoms with Gasteiger partial charge in [-0.15, -0.1) is 0 Å². The van der Waals surface area contributed by atoms with E-state index < -0.39 is 0 Å². The van der Waals surface area contributed by atoms with Crippen LogP contribution in [0.3, 0.4) is 0 Å². The smallest absolute Gasteiger partial charge is 0.132 e. The second kappa shape index (κ2) is 6.88. The molecule has 108 valence electrons. The average Bonchev–Trinajstić information content (AvgIpc) is 2.41. The summed E-state index contributed by atoms with van der Waals surface area (Å²) in [4.78, 5) is 11.4. The van der Waals surface area contributed by atoms with Crippen LogP contribution in [0, 0.1) is 5.92 Å². The number of fused-ring (bicyclic) bond motifs is 1. The first-order valence-corrected chi connectivity index (χ1v) is 7.82. The number of carbonyl (C=O) groups excluding carboxylic acids is 1. The average molecular weight is 270 g/mol. The van der Waals surface area contributed by atoms with Crippen LogP contribution in [0.2, 0.25) is 0 Å². The lowest BCUT2D eigenvalue weighted by Gasteiger charge is -2.19. The largest absolute Gasteiger partial charge is 0.300 e. The van der Waals surface area contributed by atoms with Gasteiger partial charge in [0.2, 0.25) is 0 Å². The van der Waals surface area contributed by atoms with Crippen molar-refractivity contribution in [3.05, 3.63) is 46.5 Å². The lowest BCUT2D eigenvalue weighted by molar-refractivity contribution is -0.120. The Bertz CT molecular complexity index is 510. The summed E-state index contributed by atoms with van der Waals surface area (Å²) < 4.78 is 0. The van der Waals surface area contributed by atoms with Gasteiger partial charge in [-0.2, -0.15) is 0 Å². The van der Waals surface area contributed by atoms with Crippen molar-refractivity contribution in [2.75, 3.05) is 0 Å². The van der Waals surface area contributed by atoms with E-state index in [9.17, 15) is 4.79 Å². The van der Waals surface area contributed by atoms with Crippen molar-refractivity contribution < 1.29 is 4.79 Å². The van der Waals surface area contributed by atoms with Crippen LogP contribution < -0.4 is 0 Å². The predicted octanol–water partition coefficient (Wildman–Crippen LogP) is 4.89. The fourth-order valence-electron chi connectivity index (χ4n) is 3.02. The first-order valence-electron chi connectivity index (χ1n) is 7.82. The zero-order chi connectivity index (χ0) is 14.5. The topological polar surface area (TPSA) is 17.1 Å². The quantitative estimate of drug-likeness (QED) is 0.712. The maximum atomic E-state index is 11.4. The van der Waals surface area contributed by atoms with Gasteiger partial charge in [0.25, 0.3) is 0 Å². The number of ketones is 1. The lowest BCUT2D eigenvalue weighted by atomic mass is 9.86. The van der Waals surface area contributed by atoms with Gasteiger partial charge >= 0.3 is 0 Å². The van der Waals surface area contributed by atoms with Gasteiger partial charge in [-0.1, -0.05) is 42.3 Å². The maximum Gasteiger partial charge on any atom is 0.132 e. The Morgan fingerprint density at radius 2 is 1.90 bits per heavy atom. The highest BCUT2D eigenvalue weighted by molar-refractivity contribution is 5.77. The van der Waals surface area contributed by atoms with Crippen LogP contribution in [0.1, 0.15) is 57.6 Å². The number of rotatable bonds is 4. The summed E-state index contributed by atoms with van der Waals surface area (Å²) in [6.45, 7) is 6.03. The van der Waals surface area contributed by atoms with Crippen molar-refractivity contribution in [3.8, 4) is 0 Å². The summed E-state index contributed by atoms with van der Waals surface area (Å²) in [5, 5.41) is 0. The molecule has 0 N–H and O–H groups in total. The molecule has 20 heavy (non-hydrogen) atoms. The van der Waals surface area contributed by atoms with Gasteiger partial charge in [-0.05, 0) is 63.5 Å². The van der Waals surface area contributed by atoms with Crippen LogP contribution in [-0.2, 0) is 17.6 Å². The van der Waals surface area contributed by atoms with Gasteiger partial charge in [0.05, 0.1) is 0 Å². The number of aryl methyl sites for hydroxylation is 1. The Balaban J connectivity index is 2.09. The summed E-state index contributed by atoms with van der Waals surface area (Å²) in [6, 6.07) is 8.82.